The minimum absolute atomic E-state index is 0.539. The van der Waals surface area contributed by atoms with Gasteiger partial charge in [0.05, 0.1) is 12.2 Å². The molecule has 102 valence electrons. The second-order valence-electron chi connectivity index (χ2n) is 5.38. The van der Waals surface area contributed by atoms with Crippen LogP contribution in [0, 0.1) is 5.92 Å². The fourth-order valence-corrected chi connectivity index (χ4v) is 3.73. The third-order valence-electron chi connectivity index (χ3n) is 3.92. The first-order chi connectivity index (χ1) is 8.74. The number of hydrogen-bond donors (Lipinski definition) is 1. The molecule has 4 heteroatoms. The third-order valence-corrected chi connectivity index (χ3v) is 4.80. The van der Waals surface area contributed by atoms with E-state index in [0.717, 1.165) is 25.4 Å². The van der Waals surface area contributed by atoms with Crippen LogP contribution in [0.5, 0.6) is 0 Å². The lowest BCUT2D eigenvalue weighted by atomic mass is 9.91. The van der Waals surface area contributed by atoms with Crippen LogP contribution >= 0.6 is 11.3 Å². The maximum Gasteiger partial charge on any atom is 0.107 e. The fourth-order valence-electron chi connectivity index (χ4n) is 2.88. The van der Waals surface area contributed by atoms with E-state index in [-0.39, 0.29) is 0 Å². The van der Waals surface area contributed by atoms with E-state index < -0.39 is 0 Å². The number of nitrogens with two attached hydrogens (primary N) is 1. The van der Waals surface area contributed by atoms with Crippen LogP contribution in [-0.4, -0.2) is 29.0 Å². The van der Waals surface area contributed by atoms with Crippen molar-refractivity contribution in [1.29, 1.82) is 0 Å². The van der Waals surface area contributed by atoms with Crippen molar-refractivity contribution >= 4 is 11.3 Å². The molecule has 0 aromatic carbocycles. The third kappa shape index (κ3) is 3.31. The van der Waals surface area contributed by atoms with Gasteiger partial charge < -0.3 is 5.73 Å². The van der Waals surface area contributed by atoms with Gasteiger partial charge in [-0.25, -0.2) is 4.98 Å². The maximum absolute atomic E-state index is 5.93. The summed E-state index contributed by atoms with van der Waals surface area (Å²) in [6.07, 6.45) is 4.89. The number of nitrogens with zero attached hydrogens (tertiary/aromatic N) is 2. The van der Waals surface area contributed by atoms with Crippen molar-refractivity contribution in [3.8, 4) is 0 Å². The number of aromatic nitrogens is 1. The van der Waals surface area contributed by atoms with Crippen LogP contribution < -0.4 is 5.73 Å². The molecule has 0 aliphatic carbocycles. The highest BCUT2D eigenvalue weighted by Gasteiger charge is 2.27. The van der Waals surface area contributed by atoms with Gasteiger partial charge in [0.1, 0.15) is 5.01 Å². The largest absolute Gasteiger partial charge is 0.329 e. The summed E-state index contributed by atoms with van der Waals surface area (Å²) in [7, 11) is 0. The average molecular weight is 267 g/mol. The molecule has 1 fully saturated rings. The second kappa shape index (κ2) is 6.64. The van der Waals surface area contributed by atoms with Crippen LogP contribution in [-0.2, 0) is 13.0 Å². The first kappa shape index (κ1) is 14.0. The highest BCUT2D eigenvalue weighted by atomic mass is 32.1. The molecule has 1 aliphatic heterocycles. The highest BCUT2D eigenvalue weighted by molar-refractivity contribution is 7.09. The normalized spacial score (nSPS) is 25.5. The zero-order valence-electron chi connectivity index (χ0n) is 11.6. The molecule has 0 radical (unpaired) electrons. The first-order valence-corrected chi connectivity index (χ1v) is 8.00. The molecular formula is C14H25N3S. The van der Waals surface area contributed by atoms with Crippen molar-refractivity contribution in [3.63, 3.8) is 0 Å². The number of hydrogen-bond acceptors (Lipinski definition) is 4. The number of rotatable bonds is 5. The minimum atomic E-state index is 0.539. The van der Waals surface area contributed by atoms with Gasteiger partial charge in [-0.1, -0.05) is 20.3 Å². The van der Waals surface area contributed by atoms with Gasteiger partial charge >= 0.3 is 0 Å². The zero-order valence-corrected chi connectivity index (χ0v) is 12.4. The molecule has 1 saturated heterocycles. The fraction of sp³-hybridized carbons (Fsp3) is 0.786. The van der Waals surface area contributed by atoms with Gasteiger partial charge in [-0.15, -0.1) is 11.3 Å². The molecule has 2 atom stereocenters. The van der Waals surface area contributed by atoms with Crippen molar-refractivity contribution < 1.29 is 0 Å². The van der Waals surface area contributed by atoms with Gasteiger partial charge in [0, 0.05) is 18.0 Å². The Labute approximate surface area is 114 Å². The number of piperidine rings is 1. The summed E-state index contributed by atoms with van der Waals surface area (Å²) in [5, 5.41) is 3.47. The molecule has 0 bridgehead atoms. The van der Waals surface area contributed by atoms with E-state index >= 15 is 0 Å². The SMILES string of the molecule is CCCc1csc(CN2CCCC(C)C2CN)n1. The Morgan fingerprint density at radius 3 is 3.11 bits per heavy atom. The molecule has 1 aromatic rings. The maximum atomic E-state index is 5.93. The van der Waals surface area contributed by atoms with Gasteiger partial charge in [-0.2, -0.15) is 0 Å². The number of likely N-dealkylation sites (tertiary alicyclic amines) is 1. The monoisotopic (exact) mass is 267 g/mol. The van der Waals surface area contributed by atoms with Crippen molar-refractivity contribution in [3.05, 3.63) is 16.1 Å². The lowest BCUT2D eigenvalue weighted by molar-refractivity contribution is 0.0989. The quantitative estimate of drug-likeness (QED) is 0.892. The van der Waals surface area contributed by atoms with E-state index in [1.807, 2.05) is 0 Å². The Kier molecular flexibility index (Phi) is 5.15. The highest BCUT2D eigenvalue weighted by Crippen LogP contribution is 2.25. The molecule has 1 aliphatic rings. The predicted molar refractivity (Wildman–Crippen MR) is 77.8 cm³/mol. The van der Waals surface area contributed by atoms with E-state index in [0.29, 0.717) is 6.04 Å². The lowest BCUT2D eigenvalue weighted by Gasteiger charge is -2.38. The van der Waals surface area contributed by atoms with Gasteiger partial charge in [-0.05, 0) is 31.7 Å². The Morgan fingerprint density at radius 2 is 2.39 bits per heavy atom. The van der Waals surface area contributed by atoms with Crippen molar-refractivity contribution in [1.82, 2.24) is 9.88 Å². The molecule has 1 aromatic heterocycles. The smallest absolute Gasteiger partial charge is 0.107 e. The summed E-state index contributed by atoms with van der Waals surface area (Å²) >= 11 is 1.80. The summed E-state index contributed by atoms with van der Waals surface area (Å²) in [6.45, 7) is 7.47. The Morgan fingerprint density at radius 1 is 1.56 bits per heavy atom. The Hall–Kier alpha value is -0.450. The minimum Gasteiger partial charge on any atom is -0.329 e. The van der Waals surface area contributed by atoms with Crippen molar-refractivity contribution in [2.45, 2.75) is 52.1 Å². The topological polar surface area (TPSA) is 42.1 Å². The summed E-state index contributed by atoms with van der Waals surface area (Å²) in [5.74, 6) is 0.721. The Balaban J connectivity index is 1.97. The molecule has 2 heterocycles. The summed E-state index contributed by atoms with van der Waals surface area (Å²) in [5.41, 5.74) is 7.19. The molecule has 18 heavy (non-hydrogen) atoms. The van der Waals surface area contributed by atoms with E-state index in [1.54, 1.807) is 11.3 Å². The molecule has 2 rings (SSSR count). The second-order valence-corrected chi connectivity index (χ2v) is 6.32. The van der Waals surface area contributed by atoms with Crippen LogP contribution in [0.4, 0.5) is 0 Å². The van der Waals surface area contributed by atoms with Gasteiger partial charge in [0.2, 0.25) is 0 Å². The molecule has 2 N–H and O–H groups in total. The van der Waals surface area contributed by atoms with Crippen molar-refractivity contribution in [2.75, 3.05) is 13.1 Å². The van der Waals surface area contributed by atoms with Crippen LogP contribution in [0.3, 0.4) is 0 Å². The first-order valence-electron chi connectivity index (χ1n) is 7.12. The predicted octanol–water partition coefficient (Wildman–Crippen LogP) is 2.65. The summed E-state index contributed by atoms with van der Waals surface area (Å²) in [6, 6.07) is 0.539. The lowest BCUT2D eigenvalue weighted by Crippen LogP contribution is -2.47. The van der Waals surface area contributed by atoms with E-state index in [2.05, 4.69) is 24.1 Å². The average Bonchev–Trinajstić information content (AvgIpc) is 2.77. The number of thiazole rings is 1. The molecule has 0 amide bonds. The molecule has 0 spiro atoms. The van der Waals surface area contributed by atoms with Gasteiger partial charge in [-0.3, -0.25) is 4.90 Å². The van der Waals surface area contributed by atoms with Crippen LogP contribution in [0.25, 0.3) is 0 Å². The molecule has 2 unspecified atom stereocenters. The van der Waals surface area contributed by atoms with Crippen LogP contribution in [0.1, 0.15) is 43.8 Å². The zero-order chi connectivity index (χ0) is 13.0. The molecule has 0 saturated carbocycles. The molecular weight excluding hydrogens is 242 g/mol. The van der Waals surface area contributed by atoms with Gasteiger partial charge in [0.25, 0.3) is 0 Å². The number of aryl methyl sites for hydroxylation is 1. The van der Waals surface area contributed by atoms with Gasteiger partial charge in [0.15, 0.2) is 0 Å². The molecule has 3 nitrogen and oxygen atoms in total. The van der Waals surface area contributed by atoms with Crippen molar-refractivity contribution in [2.24, 2.45) is 11.7 Å². The standard InChI is InChI=1S/C14H25N3S/c1-3-5-12-10-18-14(16-12)9-17-7-4-6-11(2)13(17)8-15/h10-11,13H,3-9,15H2,1-2H3. The van der Waals surface area contributed by atoms with E-state index in [4.69, 9.17) is 10.7 Å². The Bertz CT molecular complexity index is 364. The van der Waals surface area contributed by atoms with Crippen LogP contribution in [0.15, 0.2) is 5.38 Å². The van der Waals surface area contributed by atoms with E-state index in [1.165, 1.54) is 36.5 Å². The van der Waals surface area contributed by atoms with E-state index in [9.17, 15) is 0 Å². The summed E-state index contributed by atoms with van der Waals surface area (Å²) < 4.78 is 0. The summed E-state index contributed by atoms with van der Waals surface area (Å²) in [4.78, 5) is 7.25. The van der Waals surface area contributed by atoms with Crippen LogP contribution in [0.2, 0.25) is 0 Å².